The van der Waals surface area contributed by atoms with E-state index in [1.807, 2.05) is 0 Å². The zero-order chi connectivity index (χ0) is 26.7. The number of thiazole rings is 1. The van der Waals surface area contributed by atoms with Crippen LogP contribution in [0.1, 0.15) is 42.8 Å². The molecule has 2 aliphatic rings. The van der Waals surface area contributed by atoms with Crippen molar-refractivity contribution in [3.05, 3.63) is 61.9 Å². The molecule has 1 saturated heterocycles. The molecular weight excluding hydrogens is 577 g/mol. The van der Waals surface area contributed by atoms with Gasteiger partial charge in [-0.2, -0.15) is 0 Å². The zero-order valence-electron chi connectivity index (χ0n) is 19.7. The van der Waals surface area contributed by atoms with E-state index < -0.39 is 48.7 Å². The summed E-state index contributed by atoms with van der Waals surface area (Å²) in [7, 11) is 0. The van der Waals surface area contributed by atoms with Crippen molar-refractivity contribution in [3.63, 3.8) is 0 Å². The van der Waals surface area contributed by atoms with Crippen LogP contribution in [-0.2, 0) is 14.3 Å². The third-order valence-corrected chi connectivity index (χ3v) is 7.52. The Kier molecular flexibility index (Phi) is 8.34. The summed E-state index contributed by atoms with van der Waals surface area (Å²) in [6.07, 6.45) is 0.877. The summed E-state index contributed by atoms with van der Waals surface area (Å²) < 4.78 is 48.4. The van der Waals surface area contributed by atoms with E-state index in [-0.39, 0.29) is 37.3 Å². The Balaban J connectivity index is 1.80. The normalized spacial score (nSPS) is 21.5. The molecule has 0 radical (unpaired) electrons. The van der Waals surface area contributed by atoms with Crippen LogP contribution in [0.15, 0.2) is 50.5 Å². The number of aliphatic imine (C=N–C) groups is 1. The summed E-state index contributed by atoms with van der Waals surface area (Å²) in [5.74, 6) is -4.94. The number of likely N-dealkylation sites (tertiary alicyclic amines) is 1. The van der Waals surface area contributed by atoms with Crippen LogP contribution in [0, 0.1) is 5.82 Å². The highest BCUT2D eigenvalue weighted by Gasteiger charge is 2.46. The maximum atomic E-state index is 14.4. The van der Waals surface area contributed by atoms with Crippen LogP contribution >= 0.6 is 27.3 Å². The maximum absolute atomic E-state index is 14.4. The van der Waals surface area contributed by atoms with Crippen molar-refractivity contribution in [1.29, 1.82) is 0 Å². The molecule has 2 atom stereocenters. The van der Waals surface area contributed by atoms with E-state index >= 15 is 0 Å². The second-order valence-electron chi connectivity index (χ2n) is 8.67. The molecule has 4 rings (SSSR count). The standard InChI is InChI=1S/C24H24BrF3N4O4S/c1-2-36-23(35)19-17(11-32-12-24(27,28)10-14(32)4-6-18(33)34)30-21(22-29-7-8-37-22)31-20(19)15-5-3-13(26)9-16(15)25/h3,5,7-9,14,20H,2,4,6,10-12H2,1H3,(H,30,31)(H,33,34). The zero-order valence-corrected chi connectivity index (χ0v) is 22.1. The van der Waals surface area contributed by atoms with E-state index in [1.54, 1.807) is 18.5 Å². The summed E-state index contributed by atoms with van der Waals surface area (Å²) in [4.78, 5) is 34.8. The lowest BCUT2D eigenvalue weighted by atomic mass is 9.95. The minimum absolute atomic E-state index is 0.0350. The molecule has 2 N–H and O–H groups in total. The summed E-state index contributed by atoms with van der Waals surface area (Å²) in [5.41, 5.74) is 0.867. The Morgan fingerprint density at radius 2 is 2.16 bits per heavy atom. The number of carboxylic acid groups (broad SMARTS) is 1. The van der Waals surface area contributed by atoms with E-state index in [0.717, 1.165) is 0 Å². The smallest absolute Gasteiger partial charge is 0.338 e. The van der Waals surface area contributed by atoms with E-state index in [2.05, 4.69) is 26.2 Å². The molecule has 0 saturated carbocycles. The van der Waals surface area contributed by atoms with Gasteiger partial charge in [-0.25, -0.2) is 22.9 Å². The quantitative estimate of drug-likeness (QED) is 0.408. The predicted octanol–water partition coefficient (Wildman–Crippen LogP) is 4.53. The number of nitrogens with one attached hydrogen (secondary N) is 1. The highest BCUT2D eigenvalue weighted by Crippen LogP contribution is 2.39. The summed E-state index contributed by atoms with van der Waals surface area (Å²) >= 11 is 4.65. The van der Waals surface area contributed by atoms with E-state index in [1.165, 1.54) is 34.4 Å². The van der Waals surface area contributed by atoms with E-state index in [9.17, 15) is 22.8 Å². The predicted molar refractivity (Wildman–Crippen MR) is 134 cm³/mol. The molecule has 0 aliphatic carbocycles. The van der Waals surface area contributed by atoms with Gasteiger partial charge in [-0.15, -0.1) is 11.3 Å². The van der Waals surface area contributed by atoms with Gasteiger partial charge in [0, 0.05) is 47.2 Å². The van der Waals surface area contributed by atoms with Gasteiger partial charge >= 0.3 is 11.9 Å². The average molecular weight is 601 g/mol. The highest BCUT2D eigenvalue weighted by molar-refractivity contribution is 9.10. The van der Waals surface area contributed by atoms with Gasteiger partial charge in [0.15, 0.2) is 10.8 Å². The molecule has 198 valence electrons. The molecule has 1 aromatic heterocycles. The molecule has 1 aromatic carbocycles. The number of alkyl halides is 2. The van der Waals surface area contributed by atoms with Gasteiger partial charge in [0.2, 0.25) is 0 Å². The molecule has 13 heteroatoms. The fraction of sp³-hybridized carbons (Fsp3) is 0.417. The minimum atomic E-state index is -3.01. The number of nitrogens with zero attached hydrogens (tertiary/aromatic N) is 3. The lowest BCUT2D eigenvalue weighted by Gasteiger charge is -2.31. The van der Waals surface area contributed by atoms with Gasteiger partial charge in [0.05, 0.1) is 18.7 Å². The number of hydrogen-bond donors (Lipinski definition) is 2. The van der Waals surface area contributed by atoms with Crippen LogP contribution in [0.4, 0.5) is 13.2 Å². The van der Waals surface area contributed by atoms with Gasteiger partial charge in [0.1, 0.15) is 11.9 Å². The molecule has 37 heavy (non-hydrogen) atoms. The number of benzene rings is 1. The van der Waals surface area contributed by atoms with Crippen molar-refractivity contribution < 1.29 is 32.6 Å². The van der Waals surface area contributed by atoms with Crippen molar-refractivity contribution in [3.8, 4) is 0 Å². The number of amidine groups is 1. The van der Waals surface area contributed by atoms with Gasteiger partial charge in [-0.1, -0.05) is 22.0 Å². The number of ether oxygens (including phenoxy) is 1. The maximum Gasteiger partial charge on any atom is 0.338 e. The van der Waals surface area contributed by atoms with Gasteiger partial charge in [0.25, 0.3) is 5.92 Å². The Bertz CT molecular complexity index is 1240. The molecule has 3 heterocycles. The number of aliphatic carboxylic acids is 1. The monoisotopic (exact) mass is 600 g/mol. The molecule has 2 aliphatic heterocycles. The van der Waals surface area contributed by atoms with Gasteiger partial charge < -0.3 is 15.2 Å². The summed E-state index contributed by atoms with van der Waals surface area (Å²) in [6.45, 7) is 1.02. The molecule has 2 aromatic rings. The van der Waals surface area contributed by atoms with Gasteiger partial charge in [-0.05, 0) is 31.0 Å². The number of rotatable bonds is 9. The second kappa shape index (κ2) is 11.3. The second-order valence-corrected chi connectivity index (χ2v) is 10.4. The Morgan fingerprint density at radius 3 is 2.81 bits per heavy atom. The van der Waals surface area contributed by atoms with Crippen LogP contribution in [0.25, 0.3) is 0 Å². The number of carboxylic acids is 1. The lowest BCUT2D eigenvalue weighted by molar-refractivity contribution is -0.139. The number of halogens is 4. The Morgan fingerprint density at radius 1 is 1.38 bits per heavy atom. The van der Waals surface area contributed by atoms with Crippen molar-refractivity contribution in [2.24, 2.45) is 4.99 Å². The van der Waals surface area contributed by atoms with Crippen LogP contribution < -0.4 is 5.32 Å². The molecule has 2 unspecified atom stereocenters. The van der Waals surface area contributed by atoms with Crippen molar-refractivity contribution in [1.82, 2.24) is 15.2 Å². The molecular formula is C24H24BrF3N4O4S. The topological polar surface area (TPSA) is 104 Å². The van der Waals surface area contributed by atoms with Crippen molar-refractivity contribution in [2.45, 2.75) is 44.2 Å². The fourth-order valence-electron chi connectivity index (χ4n) is 4.49. The number of carbonyl (C=O) groups excluding carboxylic acids is 1. The summed E-state index contributed by atoms with van der Waals surface area (Å²) in [5, 5.41) is 14.4. The third kappa shape index (κ3) is 6.39. The Hall–Kier alpha value is -2.77. The van der Waals surface area contributed by atoms with Gasteiger partial charge in [-0.3, -0.25) is 14.7 Å². The van der Waals surface area contributed by atoms with Crippen LogP contribution in [0.5, 0.6) is 0 Å². The van der Waals surface area contributed by atoms with Crippen molar-refractivity contribution in [2.75, 3.05) is 19.7 Å². The molecule has 0 amide bonds. The number of hydrogen-bond acceptors (Lipinski definition) is 8. The van der Waals surface area contributed by atoms with E-state index in [0.29, 0.717) is 20.9 Å². The van der Waals surface area contributed by atoms with Crippen LogP contribution in [0.3, 0.4) is 0 Å². The first kappa shape index (κ1) is 27.3. The number of carbonyl (C=O) groups is 2. The molecule has 1 fully saturated rings. The van der Waals surface area contributed by atoms with Crippen molar-refractivity contribution >= 4 is 45.0 Å². The minimum Gasteiger partial charge on any atom is -0.481 e. The van der Waals surface area contributed by atoms with Crippen LogP contribution in [-0.4, -0.2) is 64.4 Å². The number of aromatic nitrogens is 1. The SMILES string of the molecule is CCOC(=O)C1=C(CN2CC(F)(F)CC2CCC(=O)O)NC(c2nccs2)=NC1c1ccc(F)cc1Br. The molecule has 0 bridgehead atoms. The highest BCUT2D eigenvalue weighted by atomic mass is 79.9. The fourth-order valence-corrected chi connectivity index (χ4v) is 5.65. The third-order valence-electron chi connectivity index (χ3n) is 6.05. The van der Waals surface area contributed by atoms with Crippen LogP contribution in [0.2, 0.25) is 0 Å². The largest absolute Gasteiger partial charge is 0.481 e. The average Bonchev–Trinajstić information content (AvgIpc) is 3.45. The molecule has 0 spiro atoms. The first-order valence-corrected chi connectivity index (χ1v) is 13.2. The lowest BCUT2D eigenvalue weighted by Crippen LogP contribution is -2.41. The summed E-state index contributed by atoms with van der Waals surface area (Å²) in [6, 6.07) is 2.34. The first-order chi connectivity index (χ1) is 17.6. The first-order valence-electron chi connectivity index (χ1n) is 11.5. The molecule has 8 nitrogen and oxygen atoms in total. The number of esters is 1. The van der Waals surface area contributed by atoms with E-state index in [4.69, 9.17) is 14.8 Å². The Labute approximate surface area is 223 Å².